The van der Waals surface area contributed by atoms with Crippen LogP contribution in [0.4, 0.5) is 10.5 Å². The Balaban J connectivity index is 1.90. The van der Waals surface area contributed by atoms with E-state index >= 15 is 0 Å². The third kappa shape index (κ3) is 3.98. The van der Waals surface area contributed by atoms with Crippen LogP contribution in [0.15, 0.2) is 48.5 Å². The second kappa shape index (κ2) is 6.93. The average Bonchev–Trinajstić information content (AvgIpc) is 2.48. The molecule has 0 aliphatic carbocycles. The van der Waals surface area contributed by atoms with E-state index < -0.39 is 0 Å². The smallest absolute Gasteiger partial charge is 0.319 e. The Hall–Kier alpha value is -2.04. The van der Waals surface area contributed by atoms with E-state index in [0.29, 0.717) is 23.8 Å². The first-order valence-corrected chi connectivity index (χ1v) is 6.64. The van der Waals surface area contributed by atoms with Crippen LogP contribution in [-0.4, -0.2) is 6.03 Å². The maximum atomic E-state index is 11.8. The average molecular weight is 290 g/mol. The minimum Gasteiger partial charge on any atom is -0.334 e. The Bertz CT molecular complexity index is 601. The molecule has 0 aromatic heterocycles. The molecule has 2 aromatic carbocycles. The predicted molar refractivity (Wildman–Crippen MR) is 81.6 cm³/mol. The SMILES string of the molecule is NCc1cccc(CNC(=O)Nc2ccccc2Cl)c1. The maximum Gasteiger partial charge on any atom is 0.319 e. The van der Waals surface area contributed by atoms with Gasteiger partial charge in [0, 0.05) is 13.1 Å². The molecule has 0 atom stereocenters. The van der Waals surface area contributed by atoms with Crippen molar-refractivity contribution in [1.29, 1.82) is 0 Å². The number of halogens is 1. The van der Waals surface area contributed by atoms with Gasteiger partial charge in [-0.3, -0.25) is 0 Å². The van der Waals surface area contributed by atoms with Gasteiger partial charge in [-0.05, 0) is 23.3 Å². The van der Waals surface area contributed by atoms with Crippen LogP contribution < -0.4 is 16.4 Å². The molecule has 20 heavy (non-hydrogen) atoms. The zero-order valence-electron chi connectivity index (χ0n) is 10.9. The standard InChI is InChI=1S/C15H16ClN3O/c16-13-6-1-2-7-14(13)19-15(20)18-10-12-5-3-4-11(8-12)9-17/h1-8H,9-10,17H2,(H2,18,19,20). The topological polar surface area (TPSA) is 67.1 Å². The van der Waals surface area contributed by atoms with Crippen LogP contribution in [0.25, 0.3) is 0 Å². The van der Waals surface area contributed by atoms with Crippen molar-refractivity contribution < 1.29 is 4.79 Å². The van der Waals surface area contributed by atoms with Gasteiger partial charge in [-0.2, -0.15) is 0 Å². The largest absolute Gasteiger partial charge is 0.334 e. The van der Waals surface area contributed by atoms with Gasteiger partial charge in [-0.15, -0.1) is 0 Å². The highest BCUT2D eigenvalue weighted by Gasteiger charge is 2.04. The van der Waals surface area contributed by atoms with Gasteiger partial charge in [0.05, 0.1) is 10.7 Å². The molecule has 2 amide bonds. The van der Waals surface area contributed by atoms with Gasteiger partial charge in [0.1, 0.15) is 0 Å². The molecular formula is C15H16ClN3O. The number of anilines is 1. The number of para-hydroxylation sites is 1. The van der Waals surface area contributed by atoms with E-state index in [1.807, 2.05) is 36.4 Å². The summed E-state index contributed by atoms with van der Waals surface area (Å²) in [5, 5.41) is 5.99. The van der Waals surface area contributed by atoms with E-state index in [0.717, 1.165) is 11.1 Å². The summed E-state index contributed by atoms with van der Waals surface area (Å²) >= 11 is 5.97. The van der Waals surface area contributed by atoms with E-state index in [-0.39, 0.29) is 6.03 Å². The Labute approximate surface area is 122 Å². The molecule has 0 bridgehead atoms. The number of nitrogens with one attached hydrogen (secondary N) is 2. The highest BCUT2D eigenvalue weighted by atomic mass is 35.5. The van der Waals surface area contributed by atoms with Crippen molar-refractivity contribution in [3.8, 4) is 0 Å². The van der Waals surface area contributed by atoms with Gasteiger partial charge in [0.15, 0.2) is 0 Å². The van der Waals surface area contributed by atoms with E-state index in [9.17, 15) is 4.79 Å². The number of carbonyl (C=O) groups excluding carboxylic acids is 1. The van der Waals surface area contributed by atoms with Gasteiger partial charge in [0.25, 0.3) is 0 Å². The highest BCUT2D eigenvalue weighted by Crippen LogP contribution is 2.20. The van der Waals surface area contributed by atoms with Gasteiger partial charge >= 0.3 is 6.03 Å². The molecule has 4 N–H and O–H groups in total. The first-order chi connectivity index (χ1) is 9.69. The van der Waals surface area contributed by atoms with Gasteiger partial charge in [-0.1, -0.05) is 48.0 Å². The molecule has 0 saturated carbocycles. The molecule has 2 aromatic rings. The minimum absolute atomic E-state index is 0.295. The summed E-state index contributed by atoms with van der Waals surface area (Å²) in [5.41, 5.74) is 8.20. The zero-order valence-corrected chi connectivity index (χ0v) is 11.7. The lowest BCUT2D eigenvalue weighted by atomic mass is 10.1. The summed E-state index contributed by atoms with van der Waals surface area (Å²) in [6.45, 7) is 0.920. The summed E-state index contributed by atoms with van der Waals surface area (Å²) in [5.74, 6) is 0. The Morgan fingerprint density at radius 3 is 2.60 bits per heavy atom. The quantitative estimate of drug-likeness (QED) is 0.809. The number of carbonyl (C=O) groups is 1. The predicted octanol–water partition coefficient (Wildman–Crippen LogP) is 3.12. The van der Waals surface area contributed by atoms with Crippen molar-refractivity contribution in [2.24, 2.45) is 5.73 Å². The van der Waals surface area contributed by atoms with Gasteiger partial charge < -0.3 is 16.4 Å². The van der Waals surface area contributed by atoms with E-state index in [1.165, 1.54) is 0 Å². The molecule has 4 nitrogen and oxygen atoms in total. The number of benzene rings is 2. The van der Waals surface area contributed by atoms with E-state index in [1.54, 1.807) is 12.1 Å². The second-order valence-corrected chi connectivity index (χ2v) is 4.72. The molecule has 104 valence electrons. The summed E-state index contributed by atoms with van der Waals surface area (Å²) in [4.78, 5) is 11.8. The second-order valence-electron chi connectivity index (χ2n) is 4.31. The third-order valence-electron chi connectivity index (χ3n) is 2.80. The van der Waals surface area contributed by atoms with Crippen LogP contribution in [-0.2, 0) is 13.1 Å². The summed E-state index contributed by atoms with van der Waals surface area (Å²) < 4.78 is 0. The van der Waals surface area contributed by atoms with Crippen molar-refractivity contribution in [3.05, 3.63) is 64.7 Å². The van der Waals surface area contributed by atoms with Crippen molar-refractivity contribution >= 4 is 23.3 Å². The Morgan fingerprint density at radius 1 is 1.10 bits per heavy atom. The summed E-state index contributed by atoms with van der Waals surface area (Å²) in [7, 11) is 0. The molecule has 0 aliphatic heterocycles. The van der Waals surface area contributed by atoms with Gasteiger partial charge in [0.2, 0.25) is 0 Å². The van der Waals surface area contributed by atoms with Crippen molar-refractivity contribution in [3.63, 3.8) is 0 Å². The van der Waals surface area contributed by atoms with E-state index in [4.69, 9.17) is 17.3 Å². The van der Waals surface area contributed by atoms with Crippen LogP contribution in [0.2, 0.25) is 5.02 Å². The van der Waals surface area contributed by atoms with Crippen molar-refractivity contribution in [2.45, 2.75) is 13.1 Å². The number of hydrogen-bond acceptors (Lipinski definition) is 2. The lowest BCUT2D eigenvalue weighted by Crippen LogP contribution is -2.28. The normalized spacial score (nSPS) is 10.1. The lowest BCUT2D eigenvalue weighted by molar-refractivity contribution is 0.251. The number of rotatable bonds is 4. The summed E-state index contributed by atoms with van der Waals surface area (Å²) in [6.07, 6.45) is 0. The molecule has 0 saturated heterocycles. The fourth-order valence-corrected chi connectivity index (χ4v) is 1.96. The van der Waals surface area contributed by atoms with Gasteiger partial charge in [-0.25, -0.2) is 4.79 Å². The van der Waals surface area contributed by atoms with E-state index in [2.05, 4.69) is 10.6 Å². The van der Waals surface area contributed by atoms with Crippen LogP contribution in [0, 0.1) is 0 Å². The van der Waals surface area contributed by atoms with Crippen LogP contribution in [0.3, 0.4) is 0 Å². The third-order valence-corrected chi connectivity index (χ3v) is 3.13. The fourth-order valence-electron chi connectivity index (χ4n) is 1.78. The number of urea groups is 1. The lowest BCUT2D eigenvalue weighted by Gasteiger charge is -2.09. The number of amides is 2. The Morgan fingerprint density at radius 2 is 1.85 bits per heavy atom. The van der Waals surface area contributed by atoms with Crippen LogP contribution in [0.5, 0.6) is 0 Å². The first-order valence-electron chi connectivity index (χ1n) is 6.26. The molecule has 0 fully saturated rings. The molecule has 0 spiro atoms. The van der Waals surface area contributed by atoms with Crippen molar-refractivity contribution in [2.75, 3.05) is 5.32 Å². The zero-order chi connectivity index (χ0) is 14.4. The Kier molecular flexibility index (Phi) is 4.98. The molecular weight excluding hydrogens is 274 g/mol. The molecule has 0 heterocycles. The molecule has 5 heteroatoms. The highest BCUT2D eigenvalue weighted by molar-refractivity contribution is 6.33. The maximum absolute atomic E-state index is 11.8. The van der Waals surface area contributed by atoms with Crippen LogP contribution >= 0.6 is 11.6 Å². The number of hydrogen-bond donors (Lipinski definition) is 3. The fraction of sp³-hybridized carbons (Fsp3) is 0.133. The first kappa shape index (κ1) is 14.4. The number of nitrogens with two attached hydrogens (primary N) is 1. The monoisotopic (exact) mass is 289 g/mol. The molecule has 0 unspecified atom stereocenters. The molecule has 2 rings (SSSR count). The van der Waals surface area contributed by atoms with Crippen molar-refractivity contribution in [1.82, 2.24) is 5.32 Å². The summed E-state index contributed by atoms with van der Waals surface area (Å²) in [6, 6.07) is 14.6. The minimum atomic E-state index is -0.295. The molecule has 0 aliphatic rings. The molecule has 0 radical (unpaired) electrons. The van der Waals surface area contributed by atoms with Crippen LogP contribution in [0.1, 0.15) is 11.1 Å².